The number of pyridine rings is 1. The summed E-state index contributed by atoms with van der Waals surface area (Å²) in [6.07, 6.45) is 6.77. The number of carbonyl (C=O) groups excluding carboxylic acids is 1. The molecule has 6 aromatic rings. The van der Waals surface area contributed by atoms with Gasteiger partial charge in [-0.1, -0.05) is 48.5 Å². The highest BCUT2D eigenvalue weighted by atomic mass is 16.5. The van der Waals surface area contributed by atoms with Gasteiger partial charge in [0, 0.05) is 39.2 Å². The highest BCUT2D eigenvalue weighted by molar-refractivity contribution is 6.16. The van der Waals surface area contributed by atoms with Crippen LogP contribution < -0.4 is 5.73 Å². The van der Waals surface area contributed by atoms with Crippen molar-refractivity contribution in [2.45, 2.75) is 37.9 Å². The maximum Gasteiger partial charge on any atom is 0.248 e. The Kier molecular flexibility index (Phi) is 5.29. The van der Waals surface area contributed by atoms with Crippen LogP contribution in [0.1, 0.15) is 35.2 Å². The average Bonchev–Trinajstić information content (AvgIpc) is 3.70. The van der Waals surface area contributed by atoms with Gasteiger partial charge in [0.15, 0.2) is 0 Å². The molecule has 0 spiro atoms. The highest BCUT2D eigenvalue weighted by Crippen LogP contribution is 2.42. The molecule has 40 heavy (non-hydrogen) atoms. The number of para-hydroxylation sites is 2. The van der Waals surface area contributed by atoms with Gasteiger partial charge in [0.05, 0.1) is 28.8 Å². The molecule has 5 nitrogen and oxygen atoms in total. The number of nitrogens with zero attached hydrogens (tertiary/aromatic N) is 2. The molecule has 2 unspecified atom stereocenters. The van der Waals surface area contributed by atoms with Crippen molar-refractivity contribution in [1.29, 1.82) is 0 Å². The molecule has 2 fully saturated rings. The number of ether oxygens (including phenoxy) is 1. The third-order valence-corrected chi connectivity index (χ3v) is 8.93. The van der Waals surface area contributed by atoms with Crippen molar-refractivity contribution in [2.75, 3.05) is 0 Å². The van der Waals surface area contributed by atoms with Crippen LogP contribution in [-0.2, 0) is 11.2 Å². The Balaban J connectivity index is 1.32. The van der Waals surface area contributed by atoms with Crippen LogP contribution in [0.5, 0.6) is 0 Å². The molecule has 2 saturated heterocycles. The Morgan fingerprint density at radius 3 is 2.62 bits per heavy atom. The molecule has 0 radical (unpaired) electrons. The first kappa shape index (κ1) is 23.4. The maximum absolute atomic E-state index is 12.5. The predicted molar refractivity (Wildman–Crippen MR) is 160 cm³/mol. The minimum atomic E-state index is -0.376. The molecule has 2 aliphatic heterocycles. The molecule has 1 amide bonds. The molecule has 8 rings (SSSR count). The van der Waals surface area contributed by atoms with Gasteiger partial charge in [-0.15, -0.1) is 0 Å². The summed E-state index contributed by atoms with van der Waals surface area (Å²) in [7, 11) is 0. The zero-order valence-corrected chi connectivity index (χ0v) is 22.1. The number of hydrogen-bond acceptors (Lipinski definition) is 3. The van der Waals surface area contributed by atoms with Crippen LogP contribution in [0.15, 0.2) is 97.2 Å². The van der Waals surface area contributed by atoms with Crippen molar-refractivity contribution >= 4 is 38.6 Å². The molecule has 2 aliphatic rings. The lowest BCUT2D eigenvalue weighted by Gasteiger charge is -2.20. The average molecular weight is 524 g/mol. The van der Waals surface area contributed by atoms with Crippen molar-refractivity contribution in [3.8, 4) is 16.8 Å². The number of benzene rings is 4. The van der Waals surface area contributed by atoms with Crippen molar-refractivity contribution in [3.63, 3.8) is 0 Å². The normalized spacial score (nSPS) is 20.1. The molecule has 4 aromatic carbocycles. The molecular weight excluding hydrogens is 494 g/mol. The van der Waals surface area contributed by atoms with E-state index in [1.807, 2.05) is 30.5 Å². The van der Waals surface area contributed by atoms with Gasteiger partial charge in [0.1, 0.15) is 0 Å². The Morgan fingerprint density at radius 1 is 0.925 bits per heavy atom. The largest absolute Gasteiger partial charge is 0.375 e. The number of nitrogens with two attached hydrogens (primary N) is 1. The van der Waals surface area contributed by atoms with E-state index in [0.29, 0.717) is 23.7 Å². The minimum Gasteiger partial charge on any atom is -0.375 e. The molecular formula is C35H29N3O2. The molecule has 2 bridgehead atoms. The van der Waals surface area contributed by atoms with Gasteiger partial charge in [0.2, 0.25) is 5.91 Å². The van der Waals surface area contributed by atoms with Crippen LogP contribution in [-0.4, -0.2) is 27.7 Å². The van der Waals surface area contributed by atoms with Crippen LogP contribution in [0.25, 0.3) is 49.5 Å². The fourth-order valence-electron chi connectivity index (χ4n) is 7.13. The lowest BCUT2D eigenvalue weighted by Crippen LogP contribution is -2.21. The molecule has 5 heteroatoms. The summed E-state index contributed by atoms with van der Waals surface area (Å²) in [5, 5.41) is 3.50. The fraction of sp³-hybridized carbons (Fsp3) is 0.200. The first-order valence-electron chi connectivity index (χ1n) is 14.1. The van der Waals surface area contributed by atoms with Crippen molar-refractivity contribution < 1.29 is 9.53 Å². The van der Waals surface area contributed by atoms with Gasteiger partial charge in [-0.2, -0.15) is 0 Å². The number of amides is 1. The molecule has 196 valence electrons. The standard InChI is InChI=1S/C35H29N3O2/c36-35(39)28-14-12-25(18-22(28)17-23-19-26-13-15-33(23)40-26)38-31-10-4-2-7-29(31)34-27(8-5-11-32(34)38)24-16-21-6-1-3-9-30(21)37-20-24/h1-12,14,16,18,20,23,26,33H,13,15,17,19H2,(H2,36,39)/t23-,26?,33?/m0/s1. The molecule has 2 aromatic heterocycles. The van der Waals surface area contributed by atoms with Crippen LogP contribution in [0.3, 0.4) is 0 Å². The SMILES string of the molecule is NC(=O)c1ccc(-n2c3ccccc3c3c(-c4cnc5ccccc5c4)cccc32)cc1C[C@H]1CC2CCC1O2. The predicted octanol–water partition coefficient (Wildman–Crippen LogP) is 7.21. The third kappa shape index (κ3) is 3.65. The van der Waals surface area contributed by atoms with E-state index < -0.39 is 0 Å². The zero-order chi connectivity index (χ0) is 26.8. The van der Waals surface area contributed by atoms with Gasteiger partial charge in [-0.25, -0.2) is 0 Å². The molecule has 2 N–H and O–H groups in total. The number of primary amides is 1. The van der Waals surface area contributed by atoms with E-state index in [4.69, 9.17) is 15.5 Å². The van der Waals surface area contributed by atoms with Crippen LogP contribution in [0, 0.1) is 5.92 Å². The van der Waals surface area contributed by atoms with Gasteiger partial charge in [-0.3, -0.25) is 9.78 Å². The summed E-state index contributed by atoms with van der Waals surface area (Å²) >= 11 is 0. The summed E-state index contributed by atoms with van der Waals surface area (Å²) in [5.74, 6) is 0.0520. The molecule has 0 aliphatic carbocycles. The lowest BCUT2D eigenvalue weighted by atomic mass is 9.83. The Labute approximate surface area is 232 Å². The van der Waals surface area contributed by atoms with Crippen molar-refractivity contribution in [2.24, 2.45) is 11.7 Å². The van der Waals surface area contributed by atoms with Crippen LogP contribution in [0.2, 0.25) is 0 Å². The topological polar surface area (TPSA) is 70.1 Å². The molecule has 0 saturated carbocycles. The summed E-state index contributed by atoms with van der Waals surface area (Å²) in [5.41, 5.74) is 14.0. The summed E-state index contributed by atoms with van der Waals surface area (Å²) in [4.78, 5) is 17.2. The number of fused-ring (bicyclic) bond motifs is 6. The molecule has 4 heterocycles. The zero-order valence-electron chi connectivity index (χ0n) is 22.1. The van der Waals surface area contributed by atoms with Crippen LogP contribution in [0.4, 0.5) is 0 Å². The smallest absolute Gasteiger partial charge is 0.248 e. The van der Waals surface area contributed by atoms with E-state index in [2.05, 4.69) is 71.3 Å². The number of rotatable bonds is 5. The number of aromatic nitrogens is 2. The third-order valence-electron chi connectivity index (χ3n) is 8.93. The van der Waals surface area contributed by atoms with E-state index in [1.165, 1.54) is 10.8 Å². The first-order valence-corrected chi connectivity index (χ1v) is 14.1. The lowest BCUT2D eigenvalue weighted by molar-refractivity contribution is 0.0922. The highest BCUT2D eigenvalue weighted by Gasteiger charge is 2.40. The quantitative estimate of drug-likeness (QED) is 0.260. The Morgan fingerprint density at radius 2 is 1.77 bits per heavy atom. The Bertz CT molecular complexity index is 1960. The minimum absolute atomic E-state index is 0.292. The summed E-state index contributed by atoms with van der Waals surface area (Å²) in [6, 6.07) is 31.6. The summed E-state index contributed by atoms with van der Waals surface area (Å²) < 4.78 is 8.44. The van der Waals surface area contributed by atoms with Crippen LogP contribution >= 0.6 is 0 Å². The second-order valence-electron chi connectivity index (χ2n) is 11.2. The van der Waals surface area contributed by atoms with Gasteiger partial charge >= 0.3 is 0 Å². The van der Waals surface area contributed by atoms with Crippen molar-refractivity contribution in [1.82, 2.24) is 9.55 Å². The second kappa shape index (κ2) is 9.04. The first-order chi connectivity index (χ1) is 19.6. The number of carbonyl (C=O) groups is 1. The van der Waals surface area contributed by atoms with E-state index in [0.717, 1.165) is 70.0 Å². The van der Waals surface area contributed by atoms with E-state index in [1.54, 1.807) is 0 Å². The molecule has 3 atom stereocenters. The number of hydrogen-bond donors (Lipinski definition) is 1. The van der Waals surface area contributed by atoms with Gasteiger partial charge in [0.25, 0.3) is 0 Å². The van der Waals surface area contributed by atoms with E-state index >= 15 is 0 Å². The van der Waals surface area contributed by atoms with E-state index in [9.17, 15) is 4.79 Å². The van der Waals surface area contributed by atoms with Gasteiger partial charge in [-0.05, 0) is 85.2 Å². The van der Waals surface area contributed by atoms with Crippen molar-refractivity contribution in [3.05, 3.63) is 108 Å². The fourth-order valence-corrected chi connectivity index (χ4v) is 7.13. The van der Waals surface area contributed by atoms with Gasteiger partial charge < -0.3 is 15.0 Å². The van der Waals surface area contributed by atoms with E-state index in [-0.39, 0.29) is 5.91 Å². The Hall–Kier alpha value is -4.48. The monoisotopic (exact) mass is 523 g/mol. The second-order valence-corrected chi connectivity index (χ2v) is 11.2. The maximum atomic E-state index is 12.5. The summed E-state index contributed by atoms with van der Waals surface area (Å²) in [6.45, 7) is 0.